The molecule has 8 nitrogen and oxygen atoms in total. The minimum absolute atomic E-state index is 0.282. The molecule has 0 bridgehead atoms. The number of nitrogens with one attached hydrogen (secondary N) is 1. The van der Waals surface area contributed by atoms with Gasteiger partial charge in [-0.1, -0.05) is 6.92 Å². The second-order valence-corrected chi connectivity index (χ2v) is 6.71. The summed E-state index contributed by atoms with van der Waals surface area (Å²) in [6, 6.07) is 0. The average molecular weight is 320 g/mol. The van der Waals surface area contributed by atoms with E-state index in [1.165, 1.54) is 11.6 Å². The third-order valence-corrected chi connectivity index (χ3v) is 4.85. The maximum Gasteiger partial charge on any atom is 0.332 e. The van der Waals surface area contributed by atoms with Crippen LogP contribution in [0.15, 0.2) is 9.59 Å². The summed E-state index contributed by atoms with van der Waals surface area (Å²) in [6.45, 7) is 8.67. The van der Waals surface area contributed by atoms with E-state index in [0.717, 1.165) is 30.0 Å². The number of hydrogen-bond acceptors (Lipinski definition) is 5. The van der Waals surface area contributed by atoms with Crippen molar-refractivity contribution in [2.45, 2.75) is 32.7 Å². The standard InChI is InChI=1S/C15H24N6O2/c1-6-15(2,3)21-10-11(17-13(21)20-8-7-16-9-20)18(4)14(23)19(5)12(10)22/h16H,6-9H2,1-5H3. The van der Waals surface area contributed by atoms with E-state index in [1.54, 1.807) is 7.05 Å². The molecule has 0 spiro atoms. The van der Waals surface area contributed by atoms with Gasteiger partial charge in [0, 0.05) is 32.7 Å². The first-order valence-electron chi connectivity index (χ1n) is 7.94. The van der Waals surface area contributed by atoms with Crippen molar-refractivity contribution in [2.24, 2.45) is 14.1 Å². The van der Waals surface area contributed by atoms with E-state index in [1.807, 2.05) is 4.57 Å². The Bertz CT molecular complexity index is 867. The zero-order valence-corrected chi connectivity index (χ0v) is 14.4. The van der Waals surface area contributed by atoms with Crippen molar-refractivity contribution in [3.63, 3.8) is 0 Å². The lowest BCUT2D eigenvalue weighted by Crippen LogP contribution is -2.39. The van der Waals surface area contributed by atoms with Crippen molar-refractivity contribution < 1.29 is 0 Å². The third-order valence-electron chi connectivity index (χ3n) is 4.85. The third kappa shape index (κ3) is 2.20. The van der Waals surface area contributed by atoms with Crippen LogP contribution in [0.4, 0.5) is 5.95 Å². The van der Waals surface area contributed by atoms with Crippen LogP contribution >= 0.6 is 0 Å². The summed E-state index contributed by atoms with van der Waals surface area (Å²) in [7, 11) is 3.17. The molecule has 1 fully saturated rings. The Labute approximate surface area is 134 Å². The maximum atomic E-state index is 12.8. The SMILES string of the molecule is CCC(C)(C)n1c(N2CCNC2)nc2c1c(=O)n(C)c(=O)n2C. The number of anilines is 1. The summed E-state index contributed by atoms with van der Waals surface area (Å²) < 4.78 is 4.60. The predicted molar refractivity (Wildman–Crippen MR) is 90.0 cm³/mol. The number of rotatable bonds is 3. The summed E-state index contributed by atoms with van der Waals surface area (Å²) >= 11 is 0. The molecule has 3 rings (SSSR count). The molecular formula is C15H24N6O2. The highest BCUT2D eigenvalue weighted by atomic mass is 16.2. The number of aromatic nitrogens is 4. The van der Waals surface area contributed by atoms with E-state index in [2.05, 4.69) is 36.0 Å². The van der Waals surface area contributed by atoms with Gasteiger partial charge in [0.2, 0.25) is 5.95 Å². The quantitative estimate of drug-likeness (QED) is 0.858. The average Bonchev–Trinajstić information content (AvgIpc) is 3.17. The number of nitrogens with zero attached hydrogens (tertiary/aromatic N) is 5. The largest absolute Gasteiger partial charge is 0.332 e. The van der Waals surface area contributed by atoms with Gasteiger partial charge in [0.15, 0.2) is 11.2 Å². The van der Waals surface area contributed by atoms with Crippen LogP contribution in [0.25, 0.3) is 11.2 Å². The highest BCUT2D eigenvalue weighted by molar-refractivity contribution is 5.75. The van der Waals surface area contributed by atoms with Crippen molar-refractivity contribution >= 4 is 17.1 Å². The smallest absolute Gasteiger partial charge is 0.328 e. The monoisotopic (exact) mass is 320 g/mol. The van der Waals surface area contributed by atoms with Crippen LogP contribution in [0, 0.1) is 0 Å². The second-order valence-electron chi connectivity index (χ2n) is 6.71. The fourth-order valence-electron chi connectivity index (χ4n) is 3.01. The molecule has 1 aliphatic heterocycles. The first kappa shape index (κ1) is 15.8. The Morgan fingerprint density at radius 2 is 1.91 bits per heavy atom. The molecule has 126 valence electrons. The van der Waals surface area contributed by atoms with Gasteiger partial charge in [-0.25, -0.2) is 4.79 Å². The summed E-state index contributed by atoms with van der Waals surface area (Å²) in [5.74, 6) is 0.746. The minimum Gasteiger partial charge on any atom is -0.328 e. The van der Waals surface area contributed by atoms with Gasteiger partial charge in [-0.2, -0.15) is 4.98 Å². The van der Waals surface area contributed by atoms with Crippen LogP contribution < -0.4 is 21.5 Å². The Morgan fingerprint density at radius 1 is 1.22 bits per heavy atom. The van der Waals surface area contributed by atoms with Crippen molar-refractivity contribution in [2.75, 3.05) is 24.7 Å². The number of imidazole rings is 1. The van der Waals surface area contributed by atoms with Crippen molar-refractivity contribution in [1.82, 2.24) is 24.0 Å². The van der Waals surface area contributed by atoms with Gasteiger partial charge >= 0.3 is 5.69 Å². The molecule has 0 saturated carbocycles. The molecule has 1 saturated heterocycles. The number of aryl methyl sites for hydroxylation is 1. The van der Waals surface area contributed by atoms with Gasteiger partial charge in [-0.3, -0.25) is 23.8 Å². The summed E-state index contributed by atoms with van der Waals surface area (Å²) in [5.41, 5.74) is 0.00363. The molecule has 1 N–H and O–H groups in total. The highest BCUT2D eigenvalue weighted by Gasteiger charge is 2.31. The summed E-state index contributed by atoms with van der Waals surface area (Å²) in [4.78, 5) is 31.8. The van der Waals surface area contributed by atoms with Gasteiger partial charge in [0.05, 0.1) is 6.67 Å². The summed E-state index contributed by atoms with van der Waals surface area (Å²) in [6.07, 6.45) is 0.846. The molecule has 2 aromatic rings. The fourth-order valence-corrected chi connectivity index (χ4v) is 3.01. The van der Waals surface area contributed by atoms with Crippen LogP contribution in [0.2, 0.25) is 0 Å². The van der Waals surface area contributed by atoms with Crippen LogP contribution in [-0.2, 0) is 19.6 Å². The van der Waals surface area contributed by atoms with Crippen LogP contribution in [0.5, 0.6) is 0 Å². The lowest BCUT2D eigenvalue weighted by Gasteiger charge is -2.30. The molecule has 0 aliphatic carbocycles. The molecule has 2 aromatic heterocycles. The van der Waals surface area contributed by atoms with Gasteiger partial charge in [-0.05, 0) is 20.3 Å². The molecule has 0 radical (unpaired) electrons. The zero-order valence-electron chi connectivity index (χ0n) is 14.4. The molecular weight excluding hydrogens is 296 g/mol. The van der Waals surface area contributed by atoms with Gasteiger partial charge in [0.25, 0.3) is 5.56 Å². The fraction of sp³-hybridized carbons (Fsp3) is 0.667. The second kappa shape index (κ2) is 5.23. The van der Waals surface area contributed by atoms with E-state index in [4.69, 9.17) is 0 Å². The molecule has 0 atom stereocenters. The lowest BCUT2D eigenvalue weighted by molar-refractivity contribution is 0.352. The van der Waals surface area contributed by atoms with Crippen LogP contribution in [-0.4, -0.2) is 38.4 Å². The Hall–Kier alpha value is -2.09. The topological polar surface area (TPSA) is 77.1 Å². The van der Waals surface area contributed by atoms with Crippen LogP contribution in [0.1, 0.15) is 27.2 Å². The van der Waals surface area contributed by atoms with Crippen molar-refractivity contribution in [3.8, 4) is 0 Å². The molecule has 0 unspecified atom stereocenters. The Balaban J connectivity index is 2.46. The van der Waals surface area contributed by atoms with E-state index < -0.39 is 0 Å². The summed E-state index contributed by atoms with van der Waals surface area (Å²) in [5, 5.41) is 3.28. The van der Waals surface area contributed by atoms with Crippen LogP contribution in [0.3, 0.4) is 0 Å². The predicted octanol–water partition coefficient (Wildman–Crippen LogP) is -0.0541. The minimum atomic E-state index is -0.354. The Morgan fingerprint density at radius 3 is 2.48 bits per heavy atom. The number of hydrogen-bond donors (Lipinski definition) is 1. The molecule has 1 aliphatic rings. The van der Waals surface area contributed by atoms with Crippen molar-refractivity contribution in [1.29, 1.82) is 0 Å². The normalized spacial score (nSPS) is 15.8. The Kier molecular flexibility index (Phi) is 3.59. The molecule has 23 heavy (non-hydrogen) atoms. The lowest BCUT2D eigenvalue weighted by atomic mass is 10.0. The van der Waals surface area contributed by atoms with Gasteiger partial charge < -0.3 is 4.90 Å². The van der Waals surface area contributed by atoms with E-state index >= 15 is 0 Å². The maximum absolute atomic E-state index is 12.8. The molecule has 0 aromatic carbocycles. The zero-order chi connectivity index (χ0) is 16.9. The van der Waals surface area contributed by atoms with E-state index in [-0.39, 0.29) is 16.8 Å². The molecule has 8 heteroatoms. The van der Waals surface area contributed by atoms with Gasteiger partial charge in [-0.15, -0.1) is 0 Å². The van der Waals surface area contributed by atoms with Crippen molar-refractivity contribution in [3.05, 3.63) is 20.8 Å². The first-order chi connectivity index (χ1) is 10.8. The highest BCUT2D eigenvalue weighted by Crippen LogP contribution is 2.30. The molecule has 3 heterocycles. The van der Waals surface area contributed by atoms with E-state index in [0.29, 0.717) is 17.8 Å². The van der Waals surface area contributed by atoms with E-state index in [9.17, 15) is 9.59 Å². The molecule has 0 amide bonds. The number of fused-ring (bicyclic) bond motifs is 1. The van der Waals surface area contributed by atoms with Gasteiger partial charge in [0.1, 0.15) is 0 Å². The first-order valence-corrected chi connectivity index (χ1v) is 7.94.